The average Bonchev–Trinajstić information content (AvgIpc) is 2.56. The van der Waals surface area contributed by atoms with Gasteiger partial charge in [-0.15, -0.1) is 0 Å². The predicted molar refractivity (Wildman–Crippen MR) is 67.1 cm³/mol. The first-order valence-electron chi connectivity index (χ1n) is 6.04. The summed E-state index contributed by atoms with van der Waals surface area (Å²) < 4.78 is 18.5. The van der Waals surface area contributed by atoms with Crippen LogP contribution >= 0.6 is 11.6 Å². The maximum absolute atomic E-state index is 12.8. The van der Waals surface area contributed by atoms with Gasteiger partial charge in [-0.2, -0.15) is 0 Å². The first-order chi connectivity index (χ1) is 8.25. The van der Waals surface area contributed by atoms with Gasteiger partial charge in [0.1, 0.15) is 11.6 Å². The van der Waals surface area contributed by atoms with E-state index in [4.69, 9.17) is 16.3 Å². The van der Waals surface area contributed by atoms with E-state index in [1.54, 1.807) is 6.07 Å². The molecular formula is C13H17ClFNO. The third kappa shape index (κ3) is 3.86. The number of hydrogen-bond donors (Lipinski definition) is 1. The zero-order chi connectivity index (χ0) is 12.1. The molecule has 1 aromatic rings. The molecule has 1 aromatic carbocycles. The zero-order valence-corrected chi connectivity index (χ0v) is 10.5. The van der Waals surface area contributed by atoms with Crippen molar-refractivity contribution in [2.45, 2.75) is 19.3 Å². The Morgan fingerprint density at radius 1 is 1.35 bits per heavy atom. The minimum atomic E-state index is -0.332. The summed E-state index contributed by atoms with van der Waals surface area (Å²) in [7, 11) is 0. The van der Waals surface area contributed by atoms with Crippen LogP contribution < -0.4 is 10.1 Å². The number of hydrogen-bond acceptors (Lipinski definition) is 2. The maximum atomic E-state index is 12.8. The number of rotatable bonds is 3. The third-order valence-electron chi connectivity index (χ3n) is 3.06. The molecule has 2 nitrogen and oxygen atoms in total. The Morgan fingerprint density at radius 3 is 3.06 bits per heavy atom. The standard InChI is InChI=1S/C13H17ClFNO/c14-12-8-11(15)3-4-13(12)17-9-10-2-1-6-16-7-5-10/h3-4,8,10,16H,1-2,5-7,9H2. The molecule has 0 aliphatic carbocycles. The molecule has 17 heavy (non-hydrogen) atoms. The molecule has 0 bridgehead atoms. The van der Waals surface area contributed by atoms with Crippen molar-refractivity contribution in [1.82, 2.24) is 5.32 Å². The van der Waals surface area contributed by atoms with Gasteiger partial charge in [-0.1, -0.05) is 11.6 Å². The average molecular weight is 258 g/mol. The van der Waals surface area contributed by atoms with E-state index in [0.29, 0.717) is 23.3 Å². The van der Waals surface area contributed by atoms with Crippen molar-refractivity contribution in [1.29, 1.82) is 0 Å². The molecule has 0 spiro atoms. The molecule has 1 fully saturated rings. The van der Waals surface area contributed by atoms with E-state index >= 15 is 0 Å². The van der Waals surface area contributed by atoms with Crippen LogP contribution in [-0.2, 0) is 0 Å². The molecule has 1 aliphatic heterocycles. The van der Waals surface area contributed by atoms with Gasteiger partial charge in [-0.25, -0.2) is 4.39 Å². The third-order valence-corrected chi connectivity index (χ3v) is 3.36. The van der Waals surface area contributed by atoms with Crippen LogP contribution in [0.2, 0.25) is 5.02 Å². The van der Waals surface area contributed by atoms with E-state index < -0.39 is 0 Å². The summed E-state index contributed by atoms with van der Waals surface area (Å²) in [5.41, 5.74) is 0. The molecule has 0 saturated carbocycles. The van der Waals surface area contributed by atoms with Crippen LogP contribution in [0.3, 0.4) is 0 Å². The lowest BCUT2D eigenvalue weighted by Crippen LogP contribution is -2.16. The Balaban J connectivity index is 1.88. The lowest BCUT2D eigenvalue weighted by Gasteiger charge is -2.15. The second-order valence-electron chi connectivity index (χ2n) is 4.43. The summed E-state index contributed by atoms with van der Waals surface area (Å²) in [5.74, 6) is 0.803. The molecule has 1 N–H and O–H groups in total. The summed E-state index contributed by atoms with van der Waals surface area (Å²) in [6, 6.07) is 4.24. The van der Waals surface area contributed by atoms with Gasteiger partial charge in [0.05, 0.1) is 11.6 Å². The Kier molecular flexibility index (Phi) is 4.63. The van der Waals surface area contributed by atoms with Crippen LogP contribution in [0, 0.1) is 11.7 Å². The Hall–Kier alpha value is -0.800. The van der Waals surface area contributed by atoms with Gasteiger partial charge < -0.3 is 10.1 Å². The molecular weight excluding hydrogens is 241 g/mol. The topological polar surface area (TPSA) is 21.3 Å². The van der Waals surface area contributed by atoms with E-state index in [-0.39, 0.29) is 5.82 Å². The first-order valence-corrected chi connectivity index (χ1v) is 6.42. The van der Waals surface area contributed by atoms with Gasteiger partial charge >= 0.3 is 0 Å². The van der Waals surface area contributed by atoms with Crippen molar-refractivity contribution < 1.29 is 9.13 Å². The Bertz CT molecular complexity index is 364. The van der Waals surface area contributed by atoms with Gasteiger partial charge in [0.2, 0.25) is 0 Å². The molecule has 0 amide bonds. The van der Waals surface area contributed by atoms with Crippen LogP contribution in [0.15, 0.2) is 18.2 Å². The number of ether oxygens (including phenoxy) is 1. The van der Waals surface area contributed by atoms with Gasteiger partial charge in [0, 0.05) is 0 Å². The predicted octanol–water partition coefficient (Wildman–Crippen LogP) is 3.25. The smallest absolute Gasteiger partial charge is 0.138 e. The molecule has 1 saturated heterocycles. The molecule has 1 aliphatic rings. The van der Waals surface area contributed by atoms with E-state index in [0.717, 1.165) is 19.5 Å². The number of benzene rings is 1. The van der Waals surface area contributed by atoms with Crippen molar-refractivity contribution in [3.63, 3.8) is 0 Å². The maximum Gasteiger partial charge on any atom is 0.138 e. The van der Waals surface area contributed by atoms with E-state index in [1.165, 1.54) is 25.0 Å². The summed E-state index contributed by atoms with van der Waals surface area (Å²) in [6.45, 7) is 2.80. The van der Waals surface area contributed by atoms with Crippen molar-refractivity contribution in [3.05, 3.63) is 29.0 Å². The zero-order valence-electron chi connectivity index (χ0n) is 9.72. The summed E-state index contributed by atoms with van der Waals surface area (Å²) in [5, 5.41) is 3.71. The molecule has 1 atom stereocenters. The highest BCUT2D eigenvalue weighted by molar-refractivity contribution is 6.32. The fourth-order valence-corrected chi connectivity index (χ4v) is 2.28. The van der Waals surface area contributed by atoms with Crippen LogP contribution in [0.1, 0.15) is 19.3 Å². The second kappa shape index (κ2) is 6.22. The largest absolute Gasteiger partial charge is 0.492 e. The van der Waals surface area contributed by atoms with Gasteiger partial charge in [0.25, 0.3) is 0 Å². The monoisotopic (exact) mass is 257 g/mol. The highest BCUT2D eigenvalue weighted by Crippen LogP contribution is 2.26. The van der Waals surface area contributed by atoms with E-state index in [9.17, 15) is 4.39 Å². The molecule has 2 rings (SSSR count). The fourth-order valence-electron chi connectivity index (χ4n) is 2.06. The fraction of sp³-hybridized carbons (Fsp3) is 0.538. The molecule has 0 radical (unpaired) electrons. The van der Waals surface area contributed by atoms with Crippen LogP contribution in [0.25, 0.3) is 0 Å². The lowest BCUT2D eigenvalue weighted by atomic mass is 10.0. The van der Waals surface area contributed by atoms with E-state index in [2.05, 4.69) is 5.32 Å². The van der Waals surface area contributed by atoms with Gasteiger partial charge in [0.15, 0.2) is 0 Å². The van der Waals surface area contributed by atoms with Crippen molar-refractivity contribution in [2.24, 2.45) is 5.92 Å². The Morgan fingerprint density at radius 2 is 2.24 bits per heavy atom. The van der Waals surface area contributed by atoms with Gasteiger partial charge in [-0.3, -0.25) is 0 Å². The van der Waals surface area contributed by atoms with Crippen LogP contribution in [0.5, 0.6) is 5.75 Å². The van der Waals surface area contributed by atoms with Crippen molar-refractivity contribution >= 4 is 11.6 Å². The van der Waals surface area contributed by atoms with E-state index in [1.807, 2.05) is 0 Å². The second-order valence-corrected chi connectivity index (χ2v) is 4.84. The lowest BCUT2D eigenvalue weighted by molar-refractivity contribution is 0.236. The number of nitrogens with one attached hydrogen (secondary N) is 1. The SMILES string of the molecule is Fc1ccc(OCC2CCCNCC2)c(Cl)c1. The number of halogens is 2. The summed E-state index contributed by atoms with van der Waals surface area (Å²) >= 11 is 5.90. The van der Waals surface area contributed by atoms with Crippen molar-refractivity contribution in [2.75, 3.05) is 19.7 Å². The van der Waals surface area contributed by atoms with Crippen LogP contribution in [-0.4, -0.2) is 19.7 Å². The molecule has 94 valence electrons. The van der Waals surface area contributed by atoms with Gasteiger partial charge in [-0.05, 0) is 56.5 Å². The highest BCUT2D eigenvalue weighted by Gasteiger charge is 2.13. The summed E-state index contributed by atoms with van der Waals surface area (Å²) in [6.07, 6.45) is 3.48. The Labute approximate surface area is 106 Å². The van der Waals surface area contributed by atoms with Crippen molar-refractivity contribution in [3.8, 4) is 5.75 Å². The summed E-state index contributed by atoms with van der Waals surface area (Å²) in [4.78, 5) is 0. The molecule has 4 heteroatoms. The minimum absolute atomic E-state index is 0.332. The molecule has 0 aromatic heterocycles. The minimum Gasteiger partial charge on any atom is -0.492 e. The molecule has 1 heterocycles. The quantitative estimate of drug-likeness (QED) is 0.898. The normalized spacial score (nSPS) is 20.9. The first kappa shape index (κ1) is 12.7. The molecule has 1 unspecified atom stereocenters. The van der Waals surface area contributed by atoms with Crippen LogP contribution in [0.4, 0.5) is 4.39 Å². The highest BCUT2D eigenvalue weighted by atomic mass is 35.5.